The number of nitrogens with zero attached hydrogens (tertiary/aromatic N) is 1. The van der Waals surface area contributed by atoms with Gasteiger partial charge in [0.15, 0.2) is 0 Å². The highest BCUT2D eigenvalue weighted by atomic mass is 28.4. The molecule has 92 valence electrons. The Balaban J connectivity index is 0. The normalized spacial score (nSPS) is 9.62. The van der Waals surface area contributed by atoms with Gasteiger partial charge in [0.25, 0.3) is 0 Å². The highest BCUT2D eigenvalue weighted by molar-refractivity contribution is 6.66. The molecule has 0 N–H and O–H groups in total. The monoisotopic (exact) mass is 243 g/mol. The third-order valence-electron chi connectivity index (χ3n) is 1.38. The molecular weight excluding hydrogens is 222 g/mol. The van der Waals surface area contributed by atoms with E-state index >= 15 is 0 Å². The molecule has 0 spiro atoms. The van der Waals surface area contributed by atoms with Gasteiger partial charge in [0.1, 0.15) is 0 Å². The number of hydrogen-bond acceptors (Lipinski definition) is 4. The molecule has 0 rings (SSSR count). The summed E-state index contributed by atoms with van der Waals surface area (Å²) in [7, 11) is -2.51. The van der Waals surface area contributed by atoms with E-state index in [0.717, 1.165) is 0 Å². The molecule has 16 heavy (non-hydrogen) atoms. The standard InChI is InChI=1S/C8H18O3Si.C3H3N/c1-5-9-12(8-4,10-6-2)11-7-3;1-2-3-4/h8H,4-7H2,1-3H3;2H,1H2. The molecule has 4 nitrogen and oxygen atoms in total. The summed E-state index contributed by atoms with van der Waals surface area (Å²) < 4.78 is 16.3. The van der Waals surface area contributed by atoms with Crippen molar-refractivity contribution in [2.45, 2.75) is 20.8 Å². The largest absolute Gasteiger partial charge is 0.528 e. The molecule has 0 aliphatic heterocycles. The second-order valence-corrected chi connectivity index (χ2v) is 4.92. The van der Waals surface area contributed by atoms with Gasteiger partial charge in [0.05, 0.1) is 6.07 Å². The summed E-state index contributed by atoms with van der Waals surface area (Å²) in [4.78, 5) is 0. The van der Waals surface area contributed by atoms with Crippen LogP contribution in [0, 0.1) is 11.3 Å². The average Bonchev–Trinajstić information content (AvgIpc) is 2.30. The summed E-state index contributed by atoms with van der Waals surface area (Å²) in [6.45, 7) is 14.3. The first-order valence-corrected chi connectivity index (χ1v) is 7.02. The molecule has 5 heteroatoms. The molecule has 0 aromatic rings. The molecule has 0 heterocycles. The van der Waals surface area contributed by atoms with E-state index in [1.54, 1.807) is 11.8 Å². The van der Waals surface area contributed by atoms with Gasteiger partial charge < -0.3 is 13.3 Å². The maximum Gasteiger partial charge on any atom is 0.528 e. The molecule has 0 saturated carbocycles. The van der Waals surface area contributed by atoms with E-state index in [2.05, 4.69) is 13.2 Å². The Morgan fingerprint density at radius 3 is 1.50 bits per heavy atom. The fourth-order valence-electron chi connectivity index (χ4n) is 0.905. The summed E-state index contributed by atoms with van der Waals surface area (Å²) in [6, 6.07) is 1.69. The molecule has 0 aromatic carbocycles. The Morgan fingerprint density at radius 1 is 1.06 bits per heavy atom. The zero-order valence-corrected chi connectivity index (χ0v) is 11.4. The summed E-state index contributed by atoms with van der Waals surface area (Å²) in [6.07, 6.45) is 1.18. The van der Waals surface area contributed by atoms with Crippen molar-refractivity contribution in [3.63, 3.8) is 0 Å². The minimum absolute atomic E-state index is 0.595. The van der Waals surface area contributed by atoms with Gasteiger partial charge in [-0.15, -0.1) is 0 Å². The fourth-order valence-corrected chi connectivity index (χ4v) is 2.72. The van der Waals surface area contributed by atoms with E-state index in [1.165, 1.54) is 6.08 Å². The van der Waals surface area contributed by atoms with Crippen LogP contribution in [-0.2, 0) is 13.3 Å². The lowest BCUT2D eigenvalue weighted by Crippen LogP contribution is -2.44. The third kappa shape index (κ3) is 8.38. The van der Waals surface area contributed by atoms with E-state index in [4.69, 9.17) is 18.5 Å². The van der Waals surface area contributed by atoms with E-state index in [1.807, 2.05) is 20.8 Å². The van der Waals surface area contributed by atoms with Crippen LogP contribution in [0.15, 0.2) is 24.9 Å². The van der Waals surface area contributed by atoms with Crippen LogP contribution < -0.4 is 0 Å². The lowest BCUT2D eigenvalue weighted by atomic mass is 10.8. The van der Waals surface area contributed by atoms with Gasteiger partial charge >= 0.3 is 8.80 Å². The Bertz CT molecular complexity index is 209. The van der Waals surface area contributed by atoms with Crippen LogP contribution >= 0.6 is 0 Å². The molecule has 0 aliphatic carbocycles. The molecule has 0 saturated heterocycles. The molecule has 0 fully saturated rings. The zero-order valence-electron chi connectivity index (χ0n) is 10.4. The summed E-state index contributed by atoms with van der Waals surface area (Å²) in [5.41, 5.74) is 1.67. The summed E-state index contributed by atoms with van der Waals surface area (Å²) in [5, 5.41) is 7.51. The van der Waals surface area contributed by atoms with Crippen molar-refractivity contribution in [3.8, 4) is 6.07 Å². The van der Waals surface area contributed by atoms with Crippen molar-refractivity contribution in [3.05, 3.63) is 24.9 Å². The van der Waals surface area contributed by atoms with Crippen LogP contribution in [0.25, 0.3) is 0 Å². The van der Waals surface area contributed by atoms with E-state index in [-0.39, 0.29) is 0 Å². The summed E-state index contributed by atoms with van der Waals surface area (Å²) in [5.74, 6) is 0. The highest BCUT2D eigenvalue weighted by Gasteiger charge is 2.36. The van der Waals surface area contributed by atoms with Gasteiger partial charge in [0.2, 0.25) is 0 Å². The van der Waals surface area contributed by atoms with Crippen LogP contribution in [-0.4, -0.2) is 28.6 Å². The van der Waals surface area contributed by atoms with E-state index in [0.29, 0.717) is 19.8 Å². The first kappa shape index (κ1) is 17.5. The first-order chi connectivity index (χ1) is 7.66. The van der Waals surface area contributed by atoms with Crippen molar-refractivity contribution >= 4 is 8.80 Å². The minimum atomic E-state index is -2.51. The predicted octanol–water partition coefficient (Wildman–Crippen LogP) is 2.46. The highest BCUT2D eigenvalue weighted by Crippen LogP contribution is 2.10. The van der Waals surface area contributed by atoms with Gasteiger partial charge in [-0.3, -0.25) is 0 Å². The van der Waals surface area contributed by atoms with Crippen molar-refractivity contribution in [1.82, 2.24) is 0 Å². The number of rotatable bonds is 7. The van der Waals surface area contributed by atoms with Crippen LogP contribution in [0.3, 0.4) is 0 Å². The Kier molecular flexibility index (Phi) is 13.2. The topological polar surface area (TPSA) is 51.5 Å². The fraction of sp³-hybridized carbons (Fsp3) is 0.545. The van der Waals surface area contributed by atoms with Gasteiger partial charge in [-0.2, -0.15) is 5.26 Å². The van der Waals surface area contributed by atoms with E-state index < -0.39 is 8.80 Å². The Labute approximate surface area is 99.5 Å². The van der Waals surface area contributed by atoms with Crippen LogP contribution in [0.5, 0.6) is 0 Å². The Hall–Kier alpha value is -0.933. The second-order valence-electron chi connectivity index (χ2n) is 2.44. The molecule has 0 aromatic heterocycles. The molecule has 0 bridgehead atoms. The predicted molar refractivity (Wildman–Crippen MR) is 66.6 cm³/mol. The quantitative estimate of drug-likeness (QED) is 0.509. The Morgan fingerprint density at radius 2 is 1.38 bits per heavy atom. The smallest absolute Gasteiger partial charge is 0.371 e. The summed E-state index contributed by atoms with van der Waals surface area (Å²) >= 11 is 0. The van der Waals surface area contributed by atoms with Gasteiger partial charge in [-0.25, -0.2) is 0 Å². The first-order valence-electron chi connectivity index (χ1n) is 5.22. The lowest BCUT2D eigenvalue weighted by molar-refractivity contribution is 0.0844. The van der Waals surface area contributed by atoms with Gasteiger partial charge in [0, 0.05) is 25.9 Å². The van der Waals surface area contributed by atoms with Crippen molar-refractivity contribution in [1.29, 1.82) is 5.26 Å². The number of nitriles is 1. The average molecular weight is 243 g/mol. The maximum absolute atomic E-state index is 7.51. The van der Waals surface area contributed by atoms with Crippen LogP contribution in [0.1, 0.15) is 20.8 Å². The van der Waals surface area contributed by atoms with Gasteiger partial charge in [-0.1, -0.05) is 13.2 Å². The minimum Gasteiger partial charge on any atom is -0.371 e. The molecule has 0 unspecified atom stereocenters. The molecule has 0 aliphatic rings. The second kappa shape index (κ2) is 12.1. The zero-order chi connectivity index (χ0) is 12.9. The van der Waals surface area contributed by atoms with Gasteiger partial charge in [-0.05, 0) is 26.5 Å². The van der Waals surface area contributed by atoms with Crippen LogP contribution in [0.4, 0.5) is 0 Å². The van der Waals surface area contributed by atoms with Crippen molar-refractivity contribution < 1.29 is 13.3 Å². The molecule has 0 amide bonds. The molecule has 0 radical (unpaired) electrons. The van der Waals surface area contributed by atoms with E-state index in [9.17, 15) is 0 Å². The SMILES string of the molecule is C=CC#N.C=C[Si](OCC)(OCC)OCC. The van der Waals surface area contributed by atoms with Crippen LogP contribution in [0.2, 0.25) is 0 Å². The number of allylic oxidation sites excluding steroid dienone is 1. The molecular formula is C11H21NO3Si. The van der Waals surface area contributed by atoms with Crippen molar-refractivity contribution in [2.24, 2.45) is 0 Å². The number of hydrogen-bond donors (Lipinski definition) is 0. The molecule has 0 atom stereocenters. The lowest BCUT2D eigenvalue weighted by Gasteiger charge is -2.24. The van der Waals surface area contributed by atoms with Crippen molar-refractivity contribution in [2.75, 3.05) is 19.8 Å². The maximum atomic E-state index is 7.51. The third-order valence-corrected chi connectivity index (χ3v) is 3.95.